The van der Waals surface area contributed by atoms with Crippen LogP contribution in [0.2, 0.25) is 0 Å². The Morgan fingerprint density at radius 3 is 2.55 bits per heavy atom. The summed E-state index contributed by atoms with van der Waals surface area (Å²) in [5, 5.41) is 2.79. The van der Waals surface area contributed by atoms with E-state index in [9.17, 15) is 4.79 Å². The summed E-state index contributed by atoms with van der Waals surface area (Å²) in [6.07, 6.45) is 0.854. The summed E-state index contributed by atoms with van der Waals surface area (Å²) < 4.78 is 6.59. The summed E-state index contributed by atoms with van der Waals surface area (Å²) in [6, 6.07) is 15.5. The van der Waals surface area contributed by atoms with Crippen LogP contribution in [-0.2, 0) is 6.42 Å². The van der Waals surface area contributed by atoms with Crippen LogP contribution in [0.3, 0.4) is 0 Å². The van der Waals surface area contributed by atoms with Gasteiger partial charge in [0.25, 0.3) is 0 Å². The third kappa shape index (κ3) is 4.77. The third-order valence-electron chi connectivity index (χ3n) is 3.08. The second-order valence-corrected chi connectivity index (χ2v) is 5.91. The minimum Gasteiger partial charge on any atom is -0.492 e. The number of carbonyl (C=O) groups excluding carboxylic acids is 1. The van der Waals surface area contributed by atoms with Crippen LogP contribution in [0.15, 0.2) is 53.0 Å². The Labute approximate surface area is 139 Å². The molecule has 0 saturated heterocycles. The number of anilines is 1. The van der Waals surface area contributed by atoms with Gasteiger partial charge in [-0.2, -0.15) is 0 Å². The standard InChI is InChI=1S/C17H19BrN2O2/c1-20(2)17(21)19-14-8-9-16(15(18)12-14)22-11-10-13-6-4-3-5-7-13/h3-9,12H,10-11H2,1-2H3,(H,19,21). The number of ether oxygens (including phenoxy) is 1. The lowest BCUT2D eigenvalue weighted by molar-refractivity contribution is 0.230. The smallest absolute Gasteiger partial charge is 0.321 e. The van der Waals surface area contributed by atoms with Gasteiger partial charge in [0.1, 0.15) is 5.75 Å². The number of urea groups is 1. The lowest BCUT2D eigenvalue weighted by atomic mass is 10.2. The first-order chi connectivity index (χ1) is 10.6. The Hall–Kier alpha value is -2.01. The lowest BCUT2D eigenvalue weighted by Crippen LogP contribution is -2.27. The van der Waals surface area contributed by atoms with Crippen molar-refractivity contribution in [3.63, 3.8) is 0 Å². The molecule has 0 heterocycles. The van der Waals surface area contributed by atoms with Gasteiger partial charge in [-0.05, 0) is 39.7 Å². The van der Waals surface area contributed by atoms with Gasteiger partial charge in [0.05, 0.1) is 11.1 Å². The second-order valence-electron chi connectivity index (χ2n) is 5.05. The molecule has 2 aromatic carbocycles. The molecule has 22 heavy (non-hydrogen) atoms. The molecule has 1 N–H and O–H groups in total. The fourth-order valence-corrected chi connectivity index (χ4v) is 2.35. The summed E-state index contributed by atoms with van der Waals surface area (Å²) >= 11 is 3.47. The van der Waals surface area contributed by atoms with Gasteiger partial charge in [0, 0.05) is 26.2 Å². The summed E-state index contributed by atoms with van der Waals surface area (Å²) in [7, 11) is 3.40. The number of nitrogens with zero attached hydrogens (tertiary/aromatic N) is 1. The number of amides is 2. The highest BCUT2D eigenvalue weighted by molar-refractivity contribution is 9.10. The molecule has 0 aliphatic rings. The predicted molar refractivity (Wildman–Crippen MR) is 92.5 cm³/mol. The van der Waals surface area contributed by atoms with E-state index in [4.69, 9.17) is 4.74 Å². The van der Waals surface area contributed by atoms with Crippen LogP contribution < -0.4 is 10.1 Å². The molecule has 0 fully saturated rings. The van der Waals surface area contributed by atoms with E-state index in [2.05, 4.69) is 33.4 Å². The molecule has 2 aromatic rings. The molecule has 0 saturated carbocycles. The molecule has 0 aromatic heterocycles. The van der Waals surface area contributed by atoms with Gasteiger partial charge in [0.2, 0.25) is 0 Å². The first kappa shape index (κ1) is 16.4. The van der Waals surface area contributed by atoms with Crippen molar-refractivity contribution in [2.24, 2.45) is 0 Å². The molecule has 2 rings (SSSR count). The number of nitrogens with one attached hydrogen (secondary N) is 1. The van der Waals surface area contributed by atoms with E-state index in [1.807, 2.05) is 36.4 Å². The van der Waals surface area contributed by atoms with Gasteiger partial charge < -0.3 is 15.0 Å². The highest BCUT2D eigenvalue weighted by Gasteiger charge is 2.07. The normalized spacial score (nSPS) is 10.1. The summed E-state index contributed by atoms with van der Waals surface area (Å²) in [4.78, 5) is 13.1. The molecule has 0 unspecified atom stereocenters. The van der Waals surface area contributed by atoms with E-state index in [0.717, 1.165) is 22.3 Å². The summed E-state index contributed by atoms with van der Waals surface area (Å²) in [5.74, 6) is 0.763. The van der Waals surface area contributed by atoms with Gasteiger partial charge in [0.15, 0.2) is 0 Å². The highest BCUT2D eigenvalue weighted by Crippen LogP contribution is 2.28. The average molecular weight is 363 g/mol. The van der Waals surface area contributed by atoms with Gasteiger partial charge in [-0.3, -0.25) is 0 Å². The first-order valence-electron chi connectivity index (χ1n) is 7.01. The molecular formula is C17H19BrN2O2. The fourth-order valence-electron chi connectivity index (χ4n) is 1.85. The van der Waals surface area contributed by atoms with Crippen molar-refractivity contribution in [3.8, 4) is 5.75 Å². The van der Waals surface area contributed by atoms with Gasteiger partial charge in [-0.15, -0.1) is 0 Å². The maximum Gasteiger partial charge on any atom is 0.321 e. The van der Waals surface area contributed by atoms with Crippen LogP contribution in [-0.4, -0.2) is 31.6 Å². The van der Waals surface area contributed by atoms with E-state index >= 15 is 0 Å². The SMILES string of the molecule is CN(C)C(=O)Nc1ccc(OCCc2ccccc2)c(Br)c1. The van der Waals surface area contributed by atoms with Crippen LogP contribution in [0.1, 0.15) is 5.56 Å². The Morgan fingerprint density at radius 2 is 1.91 bits per heavy atom. The Kier molecular flexibility index (Phi) is 5.83. The average Bonchev–Trinajstić information content (AvgIpc) is 2.50. The topological polar surface area (TPSA) is 41.6 Å². The Morgan fingerprint density at radius 1 is 1.18 bits per heavy atom. The van der Waals surface area contributed by atoms with Crippen LogP contribution >= 0.6 is 15.9 Å². The van der Waals surface area contributed by atoms with E-state index in [-0.39, 0.29) is 6.03 Å². The minimum absolute atomic E-state index is 0.162. The Balaban J connectivity index is 1.91. The van der Waals surface area contributed by atoms with Gasteiger partial charge in [-0.25, -0.2) is 4.79 Å². The number of hydrogen-bond acceptors (Lipinski definition) is 2. The third-order valence-corrected chi connectivity index (χ3v) is 3.70. The number of carbonyl (C=O) groups is 1. The minimum atomic E-state index is -0.162. The van der Waals surface area contributed by atoms with Crippen molar-refractivity contribution in [2.45, 2.75) is 6.42 Å². The Bertz CT molecular complexity index is 630. The van der Waals surface area contributed by atoms with Crippen LogP contribution in [0.5, 0.6) is 5.75 Å². The number of hydrogen-bond donors (Lipinski definition) is 1. The number of rotatable bonds is 5. The lowest BCUT2D eigenvalue weighted by Gasteiger charge is -2.13. The second kappa shape index (κ2) is 7.84. The molecule has 0 radical (unpaired) electrons. The summed E-state index contributed by atoms with van der Waals surface area (Å²) in [5.41, 5.74) is 1.97. The zero-order valence-electron chi connectivity index (χ0n) is 12.7. The number of benzene rings is 2. The van der Waals surface area contributed by atoms with Crippen LogP contribution in [0.25, 0.3) is 0 Å². The van der Waals surface area contributed by atoms with Crippen molar-refractivity contribution in [3.05, 3.63) is 58.6 Å². The van der Waals surface area contributed by atoms with Crippen molar-refractivity contribution in [2.75, 3.05) is 26.0 Å². The molecule has 0 spiro atoms. The molecule has 0 aliphatic heterocycles. The van der Waals surface area contributed by atoms with Crippen molar-refractivity contribution >= 4 is 27.6 Å². The van der Waals surface area contributed by atoms with E-state index in [1.165, 1.54) is 10.5 Å². The predicted octanol–water partition coefficient (Wildman–Crippen LogP) is 4.16. The van der Waals surface area contributed by atoms with E-state index < -0.39 is 0 Å². The van der Waals surface area contributed by atoms with Gasteiger partial charge in [-0.1, -0.05) is 30.3 Å². The van der Waals surface area contributed by atoms with E-state index in [0.29, 0.717) is 6.61 Å². The largest absolute Gasteiger partial charge is 0.492 e. The molecule has 0 aliphatic carbocycles. The maximum absolute atomic E-state index is 11.6. The zero-order chi connectivity index (χ0) is 15.9. The quantitative estimate of drug-likeness (QED) is 0.867. The first-order valence-corrected chi connectivity index (χ1v) is 7.80. The van der Waals surface area contributed by atoms with Gasteiger partial charge >= 0.3 is 6.03 Å². The molecule has 5 heteroatoms. The van der Waals surface area contributed by atoms with Crippen molar-refractivity contribution in [1.29, 1.82) is 0 Å². The summed E-state index contributed by atoms with van der Waals surface area (Å²) in [6.45, 7) is 0.603. The van der Waals surface area contributed by atoms with Crippen molar-refractivity contribution < 1.29 is 9.53 Å². The molecular weight excluding hydrogens is 344 g/mol. The van der Waals surface area contributed by atoms with Crippen LogP contribution in [0.4, 0.5) is 10.5 Å². The molecule has 0 bridgehead atoms. The van der Waals surface area contributed by atoms with E-state index in [1.54, 1.807) is 14.1 Å². The zero-order valence-corrected chi connectivity index (χ0v) is 14.3. The molecule has 4 nitrogen and oxygen atoms in total. The molecule has 116 valence electrons. The number of halogens is 1. The molecule has 2 amide bonds. The highest BCUT2D eigenvalue weighted by atomic mass is 79.9. The maximum atomic E-state index is 11.6. The molecule has 0 atom stereocenters. The monoisotopic (exact) mass is 362 g/mol. The van der Waals surface area contributed by atoms with Crippen LogP contribution in [0, 0.1) is 0 Å². The fraction of sp³-hybridized carbons (Fsp3) is 0.235. The van der Waals surface area contributed by atoms with Crippen molar-refractivity contribution in [1.82, 2.24) is 4.90 Å².